The van der Waals surface area contributed by atoms with E-state index < -0.39 is 0 Å². The zero-order valence-electron chi connectivity index (χ0n) is 16.5. The van der Waals surface area contributed by atoms with Crippen LogP contribution in [0, 0.1) is 0 Å². The third-order valence-corrected chi connectivity index (χ3v) is 4.45. The Hall–Kier alpha value is -3.28. The first-order valence-electron chi connectivity index (χ1n) is 9.22. The van der Waals surface area contributed by atoms with Gasteiger partial charge in [0.2, 0.25) is 0 Å². The first kappa shape index (κ1) is 19.5. The molecule has 0 saturated heterocycles. The maximum Gasteiger partial charge on any atom is 0.278 e. The monoisotopic (exact) mass is 380 g/mol. The Kier molecular flexibility index (Phi) is 5.68. The van der Waals surface area contributed by atoms with Crippen molar-refractivity contribution in [1.82, 2.24) is 4.90 Å². The highest BCUT2D eigenvalue weighted by Gasteiger charge is 2.40. The number of rotatable bonds is 7. The molecule has 0 fully saturated rings. The summed E-state index contributed by atoms with van der Waals surface area (Å²) in [6, 6.07) is 14.1. The maximum atomic E-state index is 13.0. The Balaban J connectivity index is 2.02. The fourth-order valence-electron chi connectivity index (χ4n) is 3.10. The SMILES string of the molecule is CCOc1ccc(C2=C(Nc3ccc(OC)cc3)C(=O)N(C(C)C)C2=O)cc1. The number of nitrogens with one attached hydrogen (secondary N) is 1. The summed E-state index contributed by atoms with van der Waals surface area (Å²) in [5, 5.41) is 3.13. The molecular formula is C22H24N2O4. The summed E-state index contributed by atoms with van der Waals surface area (Å²) < 4.78 is 10.6. The minimum absolute atomic E-state index is 0.243. The average Bonchev–Trinajstić information content (AvgIpc) is 2.93. The first-order chi connectivity index (χ1) is 13.5. The van der Waals surface area contributed by atoms with Crippen LogP contribution in [0.25, 0.3) is 5.57 Å². The second kappa shape index (κ2) is 8.17. The summed E-state index contributed by atoms with van der Waals surface area (Å²) in [5.74, 6) is 0.790. The lowest BCUT2D eigenvalue weighted by atomic mass is 10.0. The molecule has 1 aliphatic rings. The molecule has 28 heavy (non-hydrogen) atoms. The van der Waals surface area contributed by atoms with E-state index in [1.165, 1.54) is 4.90 Å². The second-order valence-electron chi connectivity index (χ2n) is 6.63. The van der Waals surface area contributed by atoms with Crippen molar-refractivity contribution in [2.75, 3.05) is 19.0 Å². The molecule has 0 unspecified atom stereocenters. The maximum absolute atomic E-state index is 13.0. The number of hydrogen-bond donors (Lipinski definition) is 1. The van der Waals surface area contributed by atoms with Gasteiger partial charge in [-0.3, -0.25) is 14.5 Å². The Morgan fingerprint density at radius 2 is 1.54 bits per heavy atom. The molecule has 0 spiro atoms. The minimum atomic E-state index is -0.334. The van der Waals surface area contributed by atoms with Gasteiger partial charge in [0, 0.05) is 11.7 Å². The van der Waals surface area contributed by atoms with Crippen molar-refractivity contribution in [1.29, 1.82) is 0 Å². The fourth-order valence-corrected chi connectivity index (χ4v) is 3.10. The first-order valence-corrected chi connectivity index (χ1v) is 9.22. The molecule has 0 bridgehead atoms. The van der Waals surface area contributed by atoms with E-state index in [4.69, 9.17) is 9.47 Å². The fraction of sp³-hybridized carbons (Fsp3) is 0.273. The standard InChI is InChI=1S/C22H24N2O4/c1-5-28-18-10-6-15(7-11-18)19-20(22(26)24(14(2)3)21(19)25)23-16-8-12-17(27-4)13-9-16/h6-14,23H,5H2,1-4H3. The van der Waals surface area contributed by atoms with Crippen LogP contribution in [0.2, 0.25) is 0 Å². The van der Waals surface area contributed by atoms with Crippen molar-refractivity contribution in [2.24, 2.45) is 0 Å². The number of imide groups is 1. The lowest BCUT2D eigenvalue weighted by molar-refractivity contribution is -0.138. The largest absolute Gasteiger partial charge is 0.497 e. The predicted octanol–water partition coefficient (Wildman–Crippen LogP) is 3.69. The lowest BCUT2D eigenvalue weighted by Gasteiger charge is -2.19. The Labute approximate surface area is 164 Å². The summed E-state index contributed by atoms with van der Waals surface area (Å²) in [5.41, 5.74) is 2.00. The highest BCUT2D eigenvalue weighted by Crippen LogP contribution is 2.32. The van der Waals surface area contributed by atoms with Gasteiger partial charge >= 0.3 is 0 Å². The second-order valence-corrected chi connectivity index (χ2v) is 6.63. The van der Waals surface area contributed by atoms with Gasteiger partial charge in [0.15, 0.2) is 0 Å². The van der Waals surface area contributed by atoms with E-state index >= 15 is 0 Å². The van der Waals surface area contributed by atoms with Gasteiger partial charge in [-0.25, -0.2) is 0 Å². The van der Waals surface area contributed by atoms with Crippen LogP contribution in [0.5, 0.6) is 11.5 Å². The van der Waals surface area contributed by atoms with Crippen molar-refractivity contribution < 1.29 is 19.1 Å². The van der Waals surface area contributed by atoms with Gasteiger partial charge in [0.1, 0.15) is 17.2 Å². The smallest absolute Gasteiger partial charge is 0.278 e. The highest BCUT2D eigenvalue weighted by atomic mass is 16.5. The molecule has 2 aromatic rings. The topological polar surface area (TPSA) is 67.9 Å². The van der Waals surface area contributed by atoms with Crippen LogP contribution in [0.15, 0.2) is 54.2 Å². The summed E-state index contributed by atoms with van der Waals surface area (Å²) in [7, 11) is 1.59. The Morgan fingerprint density at radius 1 is 0.929 bits per heavy atom. The third-order valence-electron chi connectivity index (χ3n) is 4.45. The van der Waals surface area contributed by atoms with Crippen molar-refractivity contribution in [3.05, 3.63) is 59.8 Å². The molecule has 0 aromatic heterocycles. The molecule has 6 nitrogen and oxygen atoms in total. The van der Waals surface area contributed by atoms with Crippen molar-refractivity contribution in [3.8, 4) is 11.5 Å². The molecular weight excluding hydrogens is 356 g/mol. The molecule has 0 saturated carbocycles. The van der Waals surface area contributed by atoms with Crippen LogP contribution in [0.3, 0.4) is 0 Å². The zero-order valence-corrected chi connectivity index (χ0v) is 16.5. The van der Waals surface area contributed by atoms with Crippen LogP contribution in [-0.4, -0.2) is 36.5 Å². The number of carbonyl (C=O) groups excluding carboxylic acids is 2. The quantitative estimate of drug-likeness (QED) is 0.742. The molecule has 0 radical (unpaired) electrons. The molecule has 3 rings (SSSR count). The zero-order chi connectivity index (χ0) is 20.3. The Morgan fingerprint density at radius 3 is 2.07 bits per heavy atom. The third kappa shape index (κ3) is 3.71. The minimum Gasteiger partial charge on any atom is -0.497 e. The number of amides is 2. The van der Waals surface area contributed by atoms with Gasteiger partial charge in [-0.2, -0.15) is 0 Å². The van der Waals surface area contributed by atoms with E-state index in [2.05, 4.69) is 5.32 Å². The van der Waals surface area contributed by atoms with E-state index in [1.54, 1.807) is 55.6 Å². The molecule has 2 amide bonds. The lowest BCUT2D eigenvalue weighted by Crippen LogP contribution is -2.38. The molecule has 1 N–H and O–H groups in total. The van der Waals surface area contributed by atoms with Crippen LogP contribution in [0.1, 0.15) is 26.3 Å². The number of methoxy groups -OCH3 is 1. The van der Waals surface area contributed by atoms with E-state index in [9.17, 15) is 9.59 Å². The highest BCUT2D eigenvalue weighted by molar-refractivity contribution is 6.36. The van der Waals surface area contributed by atoms with Crippen LogP contribution >= 0.6 is 0 Å². The number of nitrogens with zero attached hydrogens (tertiary/aromatic N) is 1. The predicted molar refractivity (Wildman–Crippen MR) is 108 cm³/mol. The molecule has 1 aliphatic heterocycles. The van der Waals surface area contributed by atoms with Gasteiger partial charge in [0.25, 0.3) is 11.8 Å². The van der Waals surface area contributed by atoms with Crippen LogP contribution in [-0.2, 0) is 9.59 Å². The van der Waals surface area contributed by atoms with E-state index in [-0.39, 0.29) is 23.6 Å². The Bertz CT molecular complexity index is 899. The average molecular weight is 380 g/mol. The van der Waals surface area contributed by atoms with Gasteiger partial charge in [0.05, 0.1) is 19.3 Å². The van der Waals surface area contributed by atoms with E-state index in [0.717, 1.165) is 0 Å². The van der Waals surface area contributed by atoms with E-state index in [0.29, 0.717) is 34.9 Å². The van der Waals surface area contributed by atoms with Crippen LogP contribution < -0.4 is 14.8 Å². The van der Waals surface area contributed by atoms with Gasteiger partial charge in [-0.1, -0.05) is 12.1 Å². The molecule has 1 heterocycles. The summed E-state index contributed by atoms with van der Waals surface area (Å²) in [4.78, 5) is 27.3. The molecule has 0 aliphatic carbocycles. The molecule has 6 heteroatoms. The van der Waals surface area contributed by atoms with E-state index in [1.807, 2.05) is 20.8 Å². The van der Waals surface area contributed by atoms with Gasteiger partial charge in [-0.15, -0.1) is 0 Å². The normalized spacial score (nSPS) is 14.1. The number of hydrogen-bond acceptors (Lipinski definition) is 5. The number of carbonyl (C=O) groups is 2. The van der Waals surface area contributed by atoms with Crippen molar-refractivity contribution in [3.63, 3.8) is 0 Å². The van der Waals surface area contributed by atoms with Crippen LogP contribution in [0.4, 0.5) is 5.69 Å². The van der Waals surface area contributed by atoms with Crippen molar-refractivity contribution >= 4 is 23.1 Å². The summed E-state index contributed by atoms with van der Waals surface area (Å²) in [6.07, 6.45) is 0. The summed E-state index contributed by atoms with van der Waals surface area (Å²) >= 11 is 0. The number of ether oxygens (including phenoxy) is 2. The number of benzene rings is 2. The molecule has 146 valence electrons. The molecule has 2 aromatic carbocycles. The molecule has 0 atom stereocenters. The van der Waals surface area contributed by atoms with Gasteiger partial charge in [-0.05, 0) is 62.7 Å². The summed E-state index contributed by atoms with van der Waals surface area (Å²) in [6.45, 7) is 6.11. The van der Waals surface area contributed by atoms with Crippen molar-refractivity contribution in [2.45, 2.75) is 26.8 Å². The van der Waals surface area contributed by atoms with Gasteiger partial charge < -0.3 is 14.8 Å². The number of anilines is 1.